The Kier molecular flexibility index (Phi) is 75.0. The van der Waals surface area contributed by atoms with Gasteiger partial charge in [-0.25, -0.2) is 0 Å². The molecule has 0 aliphatic heterocycles. The van der Waals surface area contributed by atoms with E-state index in [9.17, 15) is 29.7 Å². The summed E-state index contributed by atoms with van der Waals surface area (Å²) in [5.74, 6) is -0.302. The van der Waals surface area contributed by atoms with E-state index in [1.54, 1.807) is 13.8 Å². The Hall–Kier alpha value is -1.82. The molecule has 0 aliphatic carbocycles. The predicted molar refractivity (Wildman–Crippen MR) is 296 cm³/mol. The number of methoxy groups -OCH3 is 3. The zero-order chi connectivity index (χ0) is 53.0. The Bertz CT molecular complexity index is 1010. The fraction of sp³-hybridized carbons (Fsp3) is 0.850. The Morgan fingerprint density at radius 2 is 0.563 bits per heavy atom. The fourth-order valence-electron chi connectivity index (χ4n) is 7.38. The van der Waals surface area contributed by atoms with Crippen LogP contribution in [0, 0.1) is 0 Å². The van der Waals surface area contributed by atoms with Gasteiger partial charge in [0.15, 0.2) is 0 Å². The third kappa shape index (κ3) is 79.8. The minimum Gasteiger partial charge on any atom is -0.469 e. The van der Waals surface area contributed by atoms with E-state index in [2.05, 4.69) is 71.4 Å². The number of hydrogen-bond acceptors (Lipinski definition) is 10. The molecule has 0 heterocycles. The van der Waals surface area contributed by atoms with Crippen LogP contribution >= 0.6 is 0 Å². The zero-order valence-corrected chi connectivity index (χ0v) is 49.2. The van der Waals surface area contributed by atoms with Crippen LogP contribution in [-0.2, 0) is 50.3 Å². The monoisotopic (exact) mass is 1040 g/mol. The second kappa shape index (κ2) is 68.2. The molecule has 0 aromatic rings. The Morgan fingerprint density at radius 3 is 0.789 bits per heavy atom. The van der Waals surface area contributed by atoms with Crippen molar-refractivity contribution >= 4 is 17.9 Å². The maximum Gasteiger partial charge on any atom is 0.305 e. The zero-order valence-electron chi connectivity index (χ0n) is 47.6. The van der Waals surface area contributed by atoms with Gasteiger partial charge in [0, 0.05) is 47.1 Å². The number of aliphatic hydroxyl groups is 4. The van der Waals surface area contributed by atoms with Gasteiger partial charge in [-0.2, -0.15) is 0 Å². The Morgan fingerprint density at radius 1 is 0.352 bits per heavy atom. The van der Waals surface area contributed by atoms with E-state index >= 15 is 0 Å². The van der Waals surface area contributed by atoms with Gasteiger partial charge in [0.1, 0.15) is 0 Å². The number of carbonyl (C=O) groups is 3. The van der Waals surface area contributed by atoms with E-state index in [1.165, 1.54) is 137 Å². The van der Waals surface area contributed by atoms with Crippen LogP contribution < -0.4 is 0 Å². The molecular weight excluding hydrogens is 929 g/mol. The SMILES string of the molecule is CC(C)O.CCCCCCC(O)C/C=C/CCCCCCCC(=O)OC.CCCCCCC(O)C/C=C/CCCCCCCC(=O)OC.CCCCCCC(O)C/C=C/CCCCCCCC(=O)OC.[Ti]. The van der Waals surface area contributed by atoms with E-state index in [1.807, 2.05) is 0 Å². The maximum absolute atomic E-state index is 10.9. The number of unbranched alkanes of at least 4 members (excludes halogenated alkanes) is 24. The second-order valence-corrected chi connectivity index (χ2v) is 19.4. The molecule has 3 atom stereocenters. The fourth-order valence-corrected chi connectivity index (χ4v) is 7.38. The van der Waals surface area contributed by atoms with E-state index < -0.39 is 0 Å². The molecule has 0 amide bonds. The van der Waals surface area contributed by atoms with Crippen LogP contribution in [0.4, 0.5) is 0 Å². The molecule has 0 fully saturated rings. The first kappa shape index (κ1) is 78.1. The van der Waals surface area contributed by atoms with Gasteiger partial charge in [-0.1, -0.05) is 192 Å². The van der Waals surface area contributed by atoms with Crippen LogP contribution in [0.15, 0.2) is 36.5 Å². The normalized spacial score (nSPS) is 12.3. The minimum atomic E-state index is -0.167. The molecule has 0 aliphatic rings. The molecule has 3 unspecified atom stereocenters. The molecule has 0 aromatic heterocycles. The molecule has 0 spiro atoms. The smallest absolute Gasteiger partial charge is 0.305 e. The molecule has 420 valence electrons. The van der Waals surface area contributed by atoms with Crippen molar-refractivity contribution in [1.82, 2.24) is 0 Å². The number of ether oxygens (including phenoxy) is 3. The quantitative estimate of drug-likeness (QED) is 0.0152. The standard InChI is InChI=1S/3C19H36O3.C3H8O.Ti/c3*1-3-4-5-12-15-18(20)16-13-10-8-6-7-9-11-14-17-19(21)22-2;1-3(2)4;/h3*10,13,18,20H,3-9,11-12,14-17H2,1-2H3;3-4H,1-2H3;/b3*13-10+;;. The number of esters is 3. The molecule has 0 saturated heterocycles. The molecule has 0 rings (SSSR count). The number of rotatable bonds is 45. The van der Waals surface area contributed by atoms with Gasteiger partial charge >= 0.3 is 17.9 Å². The van der Waals surface area contributed by atoms with Crippen molar-refractivity contribution in [3.63, 3.8) is 0 Å². The topological polar surface area (TPSA) is 160 Å². The van der Waals surface area contributed by atoms with Crippen LogP contribution in [0.5, 0.6) is 0 Å². The van der Waals surface area contributed by atoms with E-state index in [4.69, 9.17) is 5.11 Å². The first-order chi connectivity index (χ1) is 33.8. The Balaban J connectivity index is -0.000000293. The van der Waals surface area contributed by atoms with Gasteiger partial charge < -0.3 is 34.6 Å². The summed E-state index contributed by atoms with van der Waals surface area (Å²) in [7, 11) is 4.32. The van der Waals surface area contributed by atoms with Crippen LogP contribution in [0.25, 0.3) is 0 Å². The minimum absolute atomic E-state index is 0. The molecule has 4 N–H and O–H groups in total. The van der Waals surface area contributed by atoms with Crippen molar-refractivity contribution in [3.05, 3.63) is 36.5 Å². The summed E-state index contributed by atoms with van der Waals surface area (Å²) in [5.41, 5.74) is 0. The summed E-state index contributed by atoms with van der Waals surface area (Å²) < 4.78 is 13.8. The average Bonchev–Trinajstić information content (AvgIpc) is 3.34. The molecule has 0 saturated carbocycles. The number of hydrogen-bond donors (Lipinski definition) is 4. The van der Waals surface area contributed by atoms with Gasteiger partial charge in [-0.3, -0.25) is 14.4 Å². The van der Waals surface area contributed by atoms with Gasteiger partial charge in [0.05, 0.1) is 39.6 Å². The summed E-state index contributed by atoms with van der Waals surface area (Å²) in [6.45, 7) is 10.1. The van der Waals surface area contributed by atoms with Crippen molar-refractivity contribution in [2.45, 2.75) is 309 Å². The summed E-state index contributed by atoms with van der Waals surface area (Å²) in [4.78, 5) is 32.8. The van der Waals surface area contributed by atoms with Crippen molar-refractivity contribution in [2.24, 2.45) is 0 Å². The van der Waals surface area contributed by atoms with Crippen LogP contribution in [0.2, 0.25) is 0 Å². The van der Waals surface area contributed by atoms with E-state index in [0.717, 1.165) is 116 Å². The van der Waals surface area contributed by atoms with E-state index in [0.29, 0.717) is 19.3 Å². The van der Waals surface area contributed by atoms with Gasteiger partial charge in [0.25, 0.3) is 0 Å². The van der Waals surface area contributed by atoms with Crippen molar-refractivity contribution in [1.29, 1.82) is 0 Å². The maximum atomic E-state index is 10.9. The van der Waals surface area contributed by atoms with Gasteiger partial charge in [-0.05, 0) is 110 Å². The summed E-state index contributed by atoms with van der Waals surface area (Å²) in [5, 5.41) is 37.5. The number of allylic oxidation sites excluding steroid dienone is 3. The van der Waals surface area contributed by atoms with Crippen LogP contribution in [0.1, 0.15) is 285 Å². The Labute approximate surface area is 453 Å². The first-order valence-corrected chi connectivity index (χ1v) is 28.7. The van der Waals surface area contributed by atoms with Crippen molar-refractivity contribution in [2.75, 3.05) is 21.3 Å². The molecule has 11 heteroatoms. The summed E-state index contributed by atoms with van der Waals surface area (Å²) >= 11 is 0. The molecule has 0 radical (unpaired) electrons. The molecule has 0 bridgehead atoms. The summed E-state index contributed by atoms with van der Waals surface area (Å²) in [6, 6.07) is 0. The predicted octanol–water partition coefficient (Wildman–Crippen LogP) is 15.9. The third-order valence-corrected chi connectivity index (χ3v) is 11.8. The molecule has 71 heavy (non-hydrogen) atoms. The third-order valence-electron chi connectivity index (χ3n) is 11.8. The molecule has 0 aromatic carbocycles. The average molecular weight is 1050 g/mol. The van der Waals surface area contributed by atoms with Crippen molar-refractivity contribution in [3.8, 4) is 0 Å². The number of aliphatic hydroxyl groups excluding tert-OH is 4. The molecular formula is C60H116O10Ti. The van der Waals surface area contributed by atoms with Crippen LogP contribution in [0.3, 0.4) is 0 Å². The van der Waals surface area contributed by atoms with E-state index in [-0.39, 0.29) is 64.0 Å². The van der Waals surface area contributed by atoms with Gasteiger partial charge in [-0.15, -0.1) is 0 Å². The van der Waals surface area contributed by atoms with Gasteiger partial charge in [0.2, 0.25) is 0 Å². The first-order valence-electron chi connectivity index (χ1n) is 28.7. The second-order valence-electron chi connectivity index (χ2n) is 19.4. The van der Waals surface area contributed by atoms with Crippen LogP contribution in [-0.4, -0.2) is 84.1 Å². The molecule has 10 nitrogen and oxygen atoms in total. The largest absolute Gasteiger partial charge is 0.469 e. The van der Waals surface area contributed by atoms with Crippen molar-refractivity contribution < 1.29 is 70.7 Å². The number of carbonyl (C=O) groups excluding carboxylic acids is 3. The summed E-state index contributed by atoms with van der Waals surface area (Å²) in [6.07, 6.45) is 54.1.